The summed E-state index contributed by atoms with van der Waals surface area (Å²) in [6.07, 6.45) is 1.16. The van der Waals surface area contributed by atoms with Crippen molar-refractivity contribution in [2.75, 3.05) is 6.26 Å². The molecule has 0 saturated heterocycles. The van der Waals surface area contributed by atoms with Crippen molar-refractivity contribution < 1.29 is 8.42 Å². The van der Waals surface area contributed by atoms with Gasteiger partial charge in [0.2, 0.25) is 0 Å². The maximum Gasteiger partial charge on any atom is 0.169 e. The Kier molecular flexibility index (Phi) is 3.34. The molecule has 4 heteroatoms. The van der Waals surface area contributed by atoms with Crippen LogP contribution < -0.4 is 0 Å². The third-order valence-electron chi connectivity index (χ3n) is 1.69. The van der Waals surface area contributed by atoms with E-state index in [1.807, 2.05) is 6.07 Å². The van der Waals surface area contributed by atoms with Gasteiger partial charge < -0.3 is 0 Å². The van der Waals surface area contributed by atoms with Crippen LogP contribution >= 0.6 is 11.6 Å². The van der Waals surface area contributed by atoms with Crippen LogP contribution in [0, 0.1) is 0 Å². The highest BCUT2D eigenvalue weighted by Crippen LogP contribution is 2.23. The second-order valence-corrected chi connectivity index (χ2v) is 5.41. The Balaban J connectivity index is 3.20. The van der Waals surface area contributed by atoms with Crippen molar-refractivity contribution in [2.24, 2.45) is 0 Å². The highest BCUT2D eigenvalue weighted by Gasteiger charge is 2.04. The summed E-state index contributed by atoms with van der Waals surface area (Å²) in [7, 11) is -3.11. The molecule has 0 saturated carbocycles. The smallest absolute Gasteiger partial charge is 0.169 e. The van der Waals surface area contributed by atoms with Crippen LogP contribution in [-0.4, -0.2) is 14.7 Å². The standard InChI is InChI=1S/C10H11ClO2S/c1-8(7-14(2,12)13)9-5-3-4-6-10(9)11/h3-7H,1-2H3/b8-7-. The normalized spacial score (nSPS) is 12.9. The summed E-state index contributed by atoms with van der Waals surface area (Å²) >= 11 is 5.91. The summed E-state index contributed by atoms with van der Waals surface area (Å²) in [5.74, 6) is 0. The van der Waals surface area contributed by atoms with Gasteiger partial charge in [-0.05, 0) is 24.1 Å². The van der Waals surface area contributed by atoms with Crippen molar-refractivity contribution in [2.45, 2.75) is 6.92 Å². The van der Waals surface area contributed by atoms with Gasteiger partial charge in [0, 0.05) is 16.7 Å². The number of rotatable bonds is 2. The average Bonchev–Trinajstić information content (AvgIpc) is 2.01. The molecule has 0 unspecified atom stereocenters. The molecule has 0 radical (unpaired) electrons. The molecule has 0 aliphatic carbocycles. The molecule has 1 aromatic rings. The lowest BCUT2D eigenvalue weighted by atomic mass is 10.1. The lowest BCUT2D eigenvalue weighted by Gasteiger charge is -2.02. The molecule has 76 valence electrons. The highest BCUT2D eigenvalue weighted by atomic mass is 35.5. The van der Waals surface area contributed by atoms with Crippen molar-refractivity contribution in [1.82, 2.24) is 0 Å². The highest BCUT2D eigenvalue weighted by molar-refractivity contribution is 7.93. The van der Waals surface area contributed by atoms with E-state index in [9.17, 15) is 8.42 Å². The third-order valence-corrected chi connectivity index (χ3v) is 2.80. The number of halogens is 1. The molecule has 0 amide bonds. The Morgan fingerprint density at radius 3 is 2.43 bits per heavy atom. The zero-order valence-corrected chi connectivity index (χ0v) is 9.56. The van der Waals surface area contributed by atoms with Crippen LogP contribution in [0.5, 0.6) is 0 Å². The first-order valence-corrected chi connectivity index (χ1v) is 6.36. The fourth-order valence-corrected chi connectivity index (χ4v) is 2.22. The van der Waals surface area contributed by atoms with Crippen molar-refractivity contribution in [3.8, 4) is 0 Å². The zero-order chi connectivity index (χ0) is 10.8. The monoisotopic (exact) mass is 230 g/mol. The Hall–Kier alpha value is -0.800. The van der Waals surface area contributed by atoms with Crippen molar-refractivity contribution in [3.05, 3.63) is 40.3 Å². The molecule has 14 heavy (non-hydrogen) atoms. The Bertz CT molecular complexity index is 461. The fraction of sp³-hybridized carbons (Fsp3) is 0.200. The van der Waals surface area contributed by atoms with Gasteiger partial charge in [-0.25, -0.2) is 8.42 Å². The quantitative estimate of drug-likeness (QED) is 0.783. The molecular weight excluding hydrogens is 220 g/mol. The van der Waals surface area contributed by atoms with E-state index < -0.39 is 9.84 Å². The second kappa shape index (κ2) is 4.15. The molecule has 0 aromatic heterocycles. The molecule has 0 aliphatic rings. The molecule has 0 atom stereocenters. The molecular formula is C10H11ClO2S. The van der Waals surface area contributed by atoms with Gasteiger partial charge in [0.25, 0.3) is 0 Å². The number of allylic oxidation sites excluding steroid dienone is 1. The summed E-state index contributed by atoms with van der Waals surface area (Å²) in [6.45, 7) is 1.72. The van der Waals surface area contributed by atoms with Gasteiger partial charge in [0.1, 0.15) is 0 Å². The van der Waals surface area contributed by atoms with Gasteiger partial charge >= 0.3 is 0 Å². The van der Waals surface area contributed by atoms with E-state index in [4.69, 9.17) is 11.6 Å². The Labute approximate surface area is 89.1 Å². The molecule has 0 aliphatic heterocycles. The van der Waals surface area contributed by atoms with Crippen LogP contribution in [0.1, 0.15) is 12.5 Å². The maximum absolute atomic E-state index is 11.0. The third kappa shape index (κ3) is 3.16. The average molecular weight is 231 g/mol. The second-order valence-electron chi connectivity index (χ2n) is 3.11. The number of sulfone groups is 1. The minimum atomic E-state index is -3.11. The minimum absolute atomic E-state index is 0.560. The Morgan fingerprint density at radius 2 is 1.93 bits per heavy atom. The molecule has 0 bridgehead atoms. The van der Waals surface area contributed by atoms with E-state index in [0.717, 1.165) is 11.8 Å². The largest absolute Gasteiger partial charge is 0.225 e. The minimum Gasteiger partial charge on any atom is -0.225 e. The molecule has 0 spiro atoms. The van der Waals surface area contributed by atoms with Gasteiger partial charge in [0.15, 0.2) is 9.84 Å². The van der Waals surface area contributed by atoms with Crippen molar-refractivity contribution in [1.29, 1.82) is 0 Å². The Morgan fingerprint density at radius 1 is 1.36 bits per heavy atom. The fourth-order valence-electron chi connectivity index (χ4n) is 1.17. The lowest BCUT2D eigenvalue weighted by molar-refractivity contribution is 0.610. The van der Waals surface area contributed by atoms with Crippen LogP contribution in [0.3, 0.4) is 0 Å². The first-order valence-electron chi connectivity index (χ1n) is 4.03. The van der Waals surface area contributed by atoms with E-state index >= 15 is 0 Å². The lowest BCUT2D eigenvalue weighted by Crippen LogP contribution is -1.91. The number of hydrogen-bond acceptors (Lipinski definition) is 2. The molecule has 0 N–H and O–H groups in total. The molecule has 1 aromatic carbocycles. The van der Waals surface area contributed by atoms with Gasteiger partial charge in [0.05, 0.1) is 0 Å². The number of benzene rings is 1. The van der Waals surface area contributed by atoms with E-state index in [2.05, 4.69) is 0 Å². The van der Waals surface area contributed by atoms with Gasteiger partial charge in [-0.2, -0.15) is 0 Å². The van der Waals surface area contributed by atoms with Crippen molar-refractivity contribution >= 4 is 27.0 Å². The molecule has 2 nitrogen and oxygen atoms in total. The van der Waals surface area contributed by atoms with Crippen LogP contribution in [0.15, 0.2) is 29.7 Å². The van der Waals surface area contributed by atoms with E-state index in [1.54, 1.807) is 25.1 Å². The van der Waals surface area contributed by atoms with E-state index in [-0.39, 0.29) is 0 Å². The summed E-state index contributed by atoms with van der Waals surface area (Å²) in [5.41, 5.74) is 1.40. The molecule has 0 fully saturated rings. The molecule has 1 rings (SSSR count). The summed E-state index contributed by atoms with van der Waals surface area (Å²) in [4.78, 5) is 0. The maximum atomic E-state index is 11.0. The predicted octanol–water partition coefficient (Wildman–Crippen LogP) is 2.75. The van der Waals surface area contributed by atoms with E-state index in [1.165, 1.54) is 5.41 Å². The summed E-state index contributed by atoms with van der Waals surface area (Å²) < 4.78 is 22.0. The van der Waals surface area contributed by atoms with Crippen LogP contribution in [0.25, 0.3) is 5.57 Å². The van der Waals surface area contributed by atoms with Crippen LogP contribution in [0.4, 0.5) is 0 Å². The predicted molar refractivity (Wildman–Crippen MR) is 59.9 cm³/mol. The number of hydrogen-bond donors (Lipinski definition) is 0. The topological polar surface area (TPSA) is 34.1 Å². The zero-order valence-electron chi connectivity index (χ0n) is 7.99. The van der Waals surface area contributed by atoms with Gasteiger partial charge in [-0.3, -0.25) is 0 Å². The SMILES string of the molecule is C/C(=C/S(C)(=O)=O)c1ccccc1Cl. The van der Waals surface area contributed by atoms with Crippen LogP contribution in [-0.2, 0) is 9.84 Å². The van der Waals surface area contributed by atoms with E-state index in [0.29, 0.717) is 10.6 Å². The first-order chi connectivity index (χ1) is 6.40. The van der Waals surface area contributed by atoms with Gasteiger partial charge in [-0.1, -0.05) is 29.8 Å². The van der Waals surface area contributed by atoms with Crippen LogP contribution in [0.2, 0.25) is 5.02 Å². The summed E-state index contributed by atoms with van der Waals surface area (Å²) in [5, 5.41) is 1.78. The molecule has 0 heterocycles. The van der Waals surface area contributed by atoms with Crippen molar-refractivity contribution in [3.63, 3.8) is 0 Å². The summed E-state index contributed by atoms with van der Waals surface area (Å²) in [6, 6.07) is 7.15. The van der Waals surface area contributed by atoms with Gasteiger partial charge in [-0.15, -0.1) is 0 Å². The first kappa shape index (κ1) is 11.3.